The van der Waals surface area contributed by atoms with Crippen molar-refractivity contribution in [1.29, 1.82) is 0 Å². The van der Waals surface area contributed by atoms with Crippen molar-refractivity contribution in [3.8, 4) is 5.75 Å². The highest BCUT2D eigenvalue weighted by molar-refractivity contribution is 9.10. The molecule has 3 rings (SSSR count). The van der Waals surface area contributed by atoms with Gasteiger partial charge in [0.25, 0.3) is 10.0 Å². The van der Waals surface area contributed by atoms with Crippen molar-refractivity contribution in [2.45, 2.75) is 18.7 Å². The van der Waals surface area contributed by atoms with Crippen molar-refractivity contribution < 1.29 is 17.9 Å². The number of aryl methyl sites for hydroxylation is 1. The molecule has 0 aromatic heterocycles. The first-order chi connectivity index (χ1) is 15.2. The summed E-state index contributed by atoms with van der Waals surface area (Å²) in [5.74, 6) is 0.103. The molecule has 0 bridgehead atoms. The second kappa shape index (κ2) is 10.4. The fraction of sp³-hybridized carbons (Fsp3) is 0.174. The van der Waals surface area contributed by atoms with E-state index in [0.29, 0.717) is 33.2 Å². The second-order valence-electron chi connectivity index (χ2n) is 6.93. The summed E-state index contributed by atoms with van der Waals surface area (Å²) in [4.78, 5) is 12.9. The van der Waals surface area contributed by atoms with Crippen LogP contribution in [-0.2, 0) is 14.8 Å². The van der Waals surface area contributed by atoms with Crippen LogP contribution in [0.15, 0.2) is 76.1 Å². The summed E-state index contributed by atoms with van der Waals surface area (Å²) in [6, 6.07) is 18.0. The summed E-state index contributed by atoms with van der Waals surface area (Å²) in [7, 11) is -4.00. The van der Waals surface area contributed by atoms with Crippen LogP contribution in [-0.4, -0.2) is 27.5 Å². The number of sulfonamides is 1. The Morgan fingerprint density at radius 3 is 2.31 bits per heavy atom. The van der Waals surface area contributed by atoms with Crippen LogP contribution in [0.5, 0.6) is 5.75 Å². The highest BCUT2D eigenvalue weighted by Gasteiger charge is 2.27. The van der Waals surface area contributed by atoms with Crippen LogP contribution in [0, 0.1) is 6.92 Å². The SMILES string of the molecule is CCOc1ccc(N(CC(=O)Nc2ccc(Br)c(Cl)c2)S(=O)(=O)c2ccc(C)cc2)cc1. The molecule has 3 aromatic rings. The lowest BCUT2D eigenvalue weighted by Crippen LogP contribution is -2.38. The monoisotopic (exact) mass is 536 g/mol. The van der Waals surface area contributed by atoms with Crippen LogP contribution in [0.2, 0.25) is 5.02 Å². The van der Waals surface area contributed by atoms with Crippen molar-refractivity contribution in [2.75, 3.05) is 22.8 Å². The van der Waals surface area contributed by atoms with E-state index in [9.17, 15) is 13.2 Å². The average molecular weight is 538 g/mol. The van der Waals surface area contributed by atoms with Crippen molar-refractivity contribution in [1.82, 2.24) is 0 Å². The highest BCUT2D eigenvalue weighted by Crippen LogP contribution is 2.28. The Morgan fingerprint density at radius 2 is 1.72 bits per heavy atom. The molecule has 0 aliphatic carbocycles. The van der Waals surface area contributed by atoms with Gasteiger partial charge in [-0.2, -0.15) is 0 Å². The van der Waals surface area contributed by atoms with Gasteiger partial charge in [0, 0.05) is 10.2 Å². The maximum absolute atomic E-state index is 13.4. The molecule has 0 saturated heterocycles. The number of ether oxygens (including phenoxy) is 1. The van der Waals surface area contributed by atoms with E-state index in [2.05, 4.69) is 21.2 Å². The topological polar surface area (TPSA) is 75.7 Å². The van der Waals surface area contributed by atoms with Gasteiger partial charge in [-0.05, 0) is 84.4 Å². The van der Waals surface area contributed by atoms with Crippen molar-refractivity contribution in [2.24, 2.45) is 0 Å². The average Bonchev–Trinajstić information content (AvgIpc) is 2.76. The predicted octanol–water partition coefficient (Wildman–Crippen LogP) is 5.64. The Bertz CT molecular complexity index is 1200. The van der Waals surface area contributed by atoms with E-state index in [4.69, 9.17) is 16.3 Å². The number of halogens is 2. The number of amides is 1. The molecule has 0 heterocycles. The van der Waals surface area contributed by atoms with E-state index >= 15 is 0 Å². The first kappa shape index (κ1) is 24.1. The Hall–Kier alpha value is -2.55. The van der Waals surface area contributed by atoms with Gasteiger partial charge < -0.3 is 10.1 Å². The van der Waals surface area contributed by atoms with Gasteiger partial charge in [-0.15, -0.1) is 0 Å². The molecule has 0 aliphatic heterocycles. The fourth-order valence-electron chi connectivity index (χ4n) is 2.93. The Kier molecular flexibility index (Phi) is 7.82. The lowest BCUT2D eigenvalue weighted by molar-refractivity contribution is -0.114. The maximum Gasteiger partial charge on any atom is 0.264 e. The fourth-order valence-corrected chi connectivity index (χ4v) is 4.78. The lowest BCUT2D eigenvalue weighted by atomic mass is 10.2. The van der Waals surface area contributed by atoms with Crippen molar-refractivity contribution >= 4 is 54.8 Å². The van der Waals surface area contributed by atoms with Crippen LogP contribution >= 0.6 is 27.5 Å². The summed E-state index contributed by atoms with van der Waals surface area (Å²) < 4.78 is 34.1. The van der Waals surface area contributed by atoms with Crippen LogP contribution in [0.3, 0.4) is 0 Å². The summed E-state index contributed by atoms with van der Waals surface area (Å²) in [5.41, 5.74) is 1.74. The van der Waals surface area contributed by atoms with E-state index in [1.165, 1.54) is 12.1 Å². The minimum absolute atomic E-state index is 0.0940. The molecule has 32 heavy (non-hydrogen) atoms. The van der Waals surface area contributed by atoms with Gasteiger partial charge in [-0.3, -0.25) is 9.10 Å². The van der Waals surface area contributed by atoms with Gasteiger partial charge in [-0.25, -0.2) is 8.42 Å². The number of nitrogens with one attached hydrogen (secondary N) is 1. The number of nitrogens with zero attached hydrogens (tertiary/aromatic N) is 1. The zero-order valence-corrected chi connectivity index (χ0v) is 20.7. The minimum atomic E-state index is -4.00. The summed E-state index contributed by atoms with van der Waals surface area (Å²) in [5, 5.41) is 3.13. The van der Waals surface area contributed by atoms with Gasteiger partial charge in [-0.1, -0.05) is 29.3 Å². The third-order valence-electron chi connectivity index (χ3n) is 4.54. The number of carbonyl (C=O) groups is 1. The van der Waals surface area contributed by atoms with Crippen molar-refractivity contribution in [3.63, 3.8) is 0 Å². The van der Waals surface area contributed by atoms with Crippen LogP contribution < -0.4 is 14.4 Å². The standard InChI is InChI=1S/C23H22BrClN2O4S/c1-3-31-19-9-7-18(8-10-19)27(32(29,30)20-11-4-16(2)5-12-20)15-23(28)26-17-6-13-21(24)22(25)14-17/h4-14H,3,15H2,1-2H3,(H,26,28). The molecule has 0 unspecified atom stereocenters. The molecule has 0 aliphatic rings. The quantitative estimate of drug-likeness (QED) is 0.403. The molecule has 0 fully saturated rings. The first-order valence-corrected chi connectivity index (χ1v) is 12.4. The van der Waals surface area contributed by atoms with E-state index < -0.39 is 22.5 Å². The Labute approximate surface area is 201 Å². The normalized spacial score (nSPS) is 11.1. The van der Waals surface area contributed by atoms with Gasteiger partial charge in [0.1, 0.15) is 12.3 Å². The molecule has 3 aromatic carbocycles. The minimum Gasteiger partial charge on any atom is -0.494 e. The molecule has 0 radical (unpaired) electrons. The summed E-state index contributed by atoms with van der Waals surface area (Å²) in [6.07, 6.45) is 0. The first-order valence-electron chi connectivity index (χ1n) is 9.78. The van der Waals surface area contributed by atoms with Crippen LogP contribution in [0.1, 0.15) is 12.5 Å². The van der Waals surface area contributed by atoms with Crippen LogP contribution in [0.4, 0.5) is 11.4 Å². The summed E-state index contributed by atoms with van der Waals surface area (Å²) in [6.45, 7) is 3.80. The number of carbonyl (C=O) groups excluding carboxylic acids is 1. The Balaban J connectivity index is 1.93. The third kappa shape index (κ3) is 5.82. The number of anilines is 2. The zero-order chi connectivity index (χ0) is 23.3. The third-order valence-corrected chi connectivity index (χ3v) is 7.56. The van der Waals surface area contributed by atoms with Gasteiger partial charge in [0.2, 0.25) is 5.91 Å². The number of benzene rings is 3. The molecule has 168 valence electrons. The summed E-state index contributed by atoms with van der Waals surface area (Å²) >= 11 is 9.39. The predicted molar refractivity (Wildman–Crippen MR) is 131 cm³/mol. The number of hydrogen-bond donors (Lipinski definition) is 1. The highest BCUT2D eigenvalue weighted by atomic mass is 79.9. The lowest BCUT2D eigenvalue weighted by Gasteiger charge is -2.24. The molecule has 0 spiro atoms. The molecule has 9 heteroatoms. The van der Waals surface area contributed by atoms with E-state index in [1.54, 1.807) is 54.6 Å². The smallest absolute Gasteiger partial charge is 0.264 e. The molecule has 1 amide bonds. The zero-order valence-electron chi connectivity index (χ0n) is 17.5. The molecule has 6 nitrogen and oxygen atoms in total. The number of hydrogen-bond acceptors (Lipinski definition) is 4. The van der Waals surface area contributed by atoms with E-state index in [0.717, 1.165) is 9.87 Å². The molecule has 0 atom stereocenters. The van der Waals surface area contributed by atoms with Gasteiger partial charge >= 0.3 is 0 Å². The number of rotatable bonds is 8. The molecular formula is C23H22BrClN2O4S. The maximum atomic E-state index is 13.4. The van der Waals surface area contributed by atoms with E-state index in [-0.39, 0.29) is 4.90 Å². The largest absolute Gasteiger partial charge is 0.494 e. The second-order valence-corrected chi connectivity index (χ2v) is 10.1. The molecule has 0 saturated carbocycles. The van der Waals surface area contributed by atoms with Crippen molar-refractivity contribution in [3.05, 3.63) is 81.8 Å². The van der Waals surface area contributed by atoms with E-state index in [1.807, 2.05) is 13.8 Å². The van der Waals surface area contributed by atoms with Gasteiger partial charge in [0.05, 0.1) is 22.2 Å². The molecular weight excluding hydrogens is 516 g/mol. The Morgan fingerprint density at radius 1 is 1.06 bits per heavy atom. The van der Waals surface area contributed by atoms with Crippen LogP contribution in [0.25, 0.3) is 0 Å². The molecule has 1 N–H and O–H groups in total. The van der Waals surface area contributed by atoms with Gasteiger partial charge in [0.15, 0.2) is 0 Å².